The fraction of sp³-hybridized carbons (Fsp3) is 0.500. The van der Waals surface area contributed by atoms with E-state index in [2.05, 4.69) is 7.05 Å². The van der Waals surface area contributed by atoms with E-state index in [0.29, 0.717) is 17.7 Å². The molecule has 4 aliphatic rings. The van der Waals surface area contributed by atoms with Gasteiger partial charge in [0.15, 0.2) is 11.9 Å². The summed E-state index contributed by atoms with van der Waals surface area (Å²) in [6.45, 7) is 0.774. The van der Waals surface area contributed by atoms with Gasteiger partial charge in [-0.15, -0.1) is 0 Å². The van der Waals surface area contributed by atoms with Crippen molar-refractivity contribution >= 4 is 5.78 Å². The lowest BCUT2D eigenvalue weighted by atomic mass is 9.51. The summed E-state index contributed by atoms with van der Waals surface area (Å²) in [5.41, 5.74) is 1.05. The molecule has 0 radical (unpaired) electrons. The van der Waals surface area contributed by atoms with Crippen LogP contribution in [0.1, 0.15) is 23.1 Å². The van der Waals surface area contributed by atoms with Gasteiger partial charge >= 0.3 is 0 Å². The third-order valence-corrected chi connectivity index (χ3v) is 6.56. The standard InChI is InChI=1S/C18H19NO4/c1-19-7-6-17-14-10-2-3-11(9-20)15(14)23-16(17)12(21)4-5-18(17,22)13(19)8-10/h2-5,13,16,20,22H,6-9H2,1H3/p+1/t13-,16?,17+,18-/m1/s1. The fourth-order valence-corrected chi connectivity index (χ4v) is 5.47. The summed E-state index contributed by atoms with van der Waals surface area (Å²) in [6, 6.07) is 3.94. The zero-order chi connectivity index (χ0) is 16.0. The maximum Gasteiger partial charge on any atom is 0.196 e. The molecule has 0 aromatic heterocycles. The first-order chi connectivity index (χ1) is 11.0. The Balaban J connectivity index is 1.89. The van der Waals surface area contributed by atoms with Crippen LogP contribution in [-0.4, -0.2) is 47.3 Å². The van der Waals surface area contributed by atoms with Crippen LogP contribution in [0.2, 0.25) is 0 Å². The monoisotopic (exact) mass is 314 g/mol. The van der Waals surface area contributed by atoms with E-state index in [4.69, 9.17) is 4.74 Å². The Bertz CT molecular complexity index is 773. The number of hydrogen-bond acceptors (Lipinski definition) is 4. The van der Waals surface area contributed by atoms with Crippen LogP contribution >= 0.6 is 0 Å². The summed E-state index contributed by atoms with van der Waals surface area (Å²) in [7, 11) is 2.11. The molecule has 5 atom stereocenters. The molecule has 2 aliphatic carbocycles. The van der Waals surface area contributed by atoms with Crippen LogP contribution in [0, 0.1) is 0 Å². The van der Waals surface area contributed by atoms with Gasteiger partial charge in [0.05, 0.1) is 25.6 Å². The minimum atomic E-state index is -1.07. The van der Waals surface area contributed by atoms with E-state index in [-0.39, 0.29) is 18.4 Å². The Labute approximate surface area is 134 Å². The number of piperidine rings is 1. The zero-order valence-corrected chi connectivity index (χ0v) is 13.0. The highest BCUT2D eigenvalue weighted by molar-refractivity contribution is 5.98. The first kappa shape index (κ1) is 13.7. The Morgan fingerprint density at radius 1 is 1.43 bits per heavy atom. The molecule has 0 amide bonds. The lowest BCUT2D eigenvalue weighted by Gasteiger charge is -2.57. The van der Waals surface area contributed by atoms with E-state index in [0.717, 1.165) is 24.1 Å². The number of quaternary nitrogens is 1. The number of ketones is 1. The predicted molar refractivity (Wildman–Crippen MR) is 81.4 cm³/mol. The second-order valence-electron chi connectivity index (χ2n) is 7.38. The van der Waals surface area contributed by atoms with Gasteiger partial charge in [-0.2, -0.15) is 0 Å². The molecule has 3 N–H and O–H groups in total. The topological polar surface area (TPSA) is 71.2 Å². The molecule has 1 aromatic carbocycles. The van der Waals surface area contributed by atoms with Gasteiger partial charge in [0, 0.05) is 24.0 Å². The molecule has 1 aromatic rings. The van der Waals surface area contributed by atoms with Gasteiger partial charge < -0.3 is 19.8 Å². The number of nitrogens with one attached hydrogen (secondary N) is 1. The van der Waals surface area contributed by atoms with Gasteiger partial charge in [-0.25, -0.2) is 0 Å². The molecule has 1 saturated heterocycles. The van der Waals surface area contributed by atoms with Crippen molar-refractivity contribution in [1.29, 1.82) is 0 Å². The van der Waals surface area contributed by atoms with Crippen molar-refractivity contribution in [1.82, 2.24) is 0 Å². The van der Waals surface area contributed by atoms with Crippen molar-refractivity contribution in [2.45, 2.75) is 42.6 Å². The summed E-state index contributed by atoms with van der Waals surface area (Å²) in [5.74, 6) is 0.546. The first-order valence-electron chi connectivity index (χ1n) is 8.23. The van der Waals surface area contributed by atoms with Crippen molar-refractivity contribution in [3.05, 3.63) is 41.0 Å². The van der Waals surface area contributed by atoms with Crippen LogP contribution in [0.15, 0.2) is 24.3 Å². The number of likely N-dealkylation sites (N-methyl/N-ethyl adjacent to an activating group) is 1. The number of ether oxygens (including phenoxy) is 1. The number of benzene rings is 1. The molecule has 2 aliphatic heterocycles. The third-order valence-electron chi connectivity index (χ3n) is 6.56. The van der Waals surface area contributed by atoms with Gasteiger partial charge in [0.1, 0.15) is 17.4 Å². The quantitative estimate of drug-likeness (QED) is 0.615. The van der Waals surface area contributed by atoms with Crippen LogP contribution in [0.25, 0.3) is 0 Å². The number of hydrogen-bond donors (Lipinski definition) is 3. The number of aliphatic hydroxyl groups is 2. The molecule has 5 rings (SSSR count). The second kappa shape index (κ2) is 4.04. The van der Waals surface area contributed by atoms with Gasteiger partial charge in [-0.1, -0.05) is 12.1 Å². The Kier molecular flexibility index (Phi) is 2.41. The molecule has 2 heterocycles. The first-order valence-corrected chi connectivity index (χ1v) is 8.23. The summed E-state index contributed by atoms with van der Waals surface area (Å²) in [5, 5.41) is 21.3. The van der Waals surface area contributed by atoms with Gasteiger partial charge in [-0.3, -0.25) is 4.79 Å². The third kappa shape index (κ3) is 1.30. The van der Waals surface area contributed by atoms with Crippen LogP contribution in [-0.2, 0) is 23.2 Å². The molecule has 0 saturated carbocycles. The van der Waals surface area contributed by atoms with Crippen molar-refractivity contribution < 1.29 is 24.6 Å². The number of carbonyl (C=O) groups is 1. The maximum atomic E-state index is 12.6. The molecule has 1 fully saturated rings. The van der Waals surface area contributed by atoms with Crippen LogP contribution < -0.4 is 9.64 Å². The molecule has 5 heteroatoms. The minimum absolute atomic E-state index is 0.0186. The lowest BCUT2D eigenvalue weighted by Crippen LogP contribution is -3.19. The molecule has 2 bridgehead atoms. The Morgan fingerprint density at radius 3 is 3.04 bits per heavy atom. The van der Waals surface area contributed by atoms with Crippen molar-refractivity contribution in [3.63, 3.8) is 0 Å². The second-order valence-corrected chi connectivity index (χ2v) is 7.38. The van der Waals surface area contributed by atoms with E-state index in [1.54, 1.807) is 6.08 Å². The smallest absolute Gasteiger partial charge is 0.196 e. The Hall–Kier alpha value is -1.69. The average molecular weight is 314 g/mol. The number of aliphatic hydroxyl groups excluding tert-OH is 1. The molecule has 1 spiro atoms. The zero-order valence-electron chi connectivity index (χ0n) is 13.0. The van der Waals surface area contributed by atoms with Crippen LogP contribution in [0.4, 0.5) is 0 Å². The molecule has 120 valence electrons. The number of carbonyl (C=O) groups excluding carboxylic acids is 1. The van der Waals surface area contributed by atoms with Crippen LogP contribution in [0.3, 0.4) is 0 Å². The highest BCUT2D eigenvalue weighted by Crippen LogP contribution is 2.60. The molecule has 23 heavy (non-hydrogen) atoms. The number of rotatable bonds is 1. The molecule has 5 nitrogen and oxygen atoms in total. The highest BCUT2D eigenvalue weighted by Gasteiger charge is 2.73. The van der Waals surface area contributed by atoms with E-state index in [1.807, 2.05) is 12.1 Å². The normalized spacial score (nSPS) is 42.4. The van der Waals surface area contributed by atoms with E-state index < -0.39 is 17.1 Å². The van der Waals surface area contributed by atoms with Gasteiger partial charge in [-0.05, 0) is 17.7 Å². The van der Waals surface area contributed by atoms with Crippen molar-refractivity contribution in [2.24, 2.45) is 0 Å². The average Bonchev–Trinajstić information content (AvgIpc) is 2.90. The summed E-state index contributed by atoms with van der Waals surface area (Å²) in [6.07, 6.45) is 4.00. The summed E-state index contributed by atoms with van der Waals surface area (Å²) in [4.78, 5) is 13.8. The predicted octanol–water partition coefficient (Wildman–Crippen LogP) is -1.11. The summed E-state index contributed by atoms with van der Waals surface area (Å²) >= 11 is 0. The highest BCUT2D eigenvalue weighted by atomic mass is 16.5. The fourth-order valence-electron chi connectivity index (χ4n) is 5.47. The summed E-state index contributed by atoms with van der Waals surface area (Å²) < 4.78 is 6.08. The Morgan fingerprint density at radius 2 is 2.26 bits per heavy atom. The van der Waals surface area contributed by atoms with Crippen LogP contribution in [0.5, 0.6) is 5.75 Å². The lowest BCUT2D eigenvalue weighted by molar-refractivity contribution is -0.922. The van der Waals surface area contributed by atoms with Crippen molar-refractivity contribution in [3.8, 4) is 5.75 Å². The van der Waals surface area contributed by atoms with E-state index >= 15 is 0 Å². The SMILES string of the molecule is C[NH+]1CC[C@]23c4c5ccc(CO)c4OC2C(=O)C=C[C@@]3(O)[C@H]1C5. The van der Waals surface area contributed by atoms with Gasteiger partial charge in [0.2, 0.25) is 0 Å². The minimum Gasteiger partial charge on any atom is -0.480 e. The van der Waals surface area contributed by atoms with Crippen molar-refractivity contribution in [2.75, 3.05) is 13.6 Å². The molecular weight excluding hydrogens is 294 g/mol. The van der Waals surface area contributed by atoms with Gasteiger partial charge in [0.25, 0.3) is 0 Å². The van der Waals surface area contributed by atoms with E-state index in [1.165, 1.54) is 11.0 Å². The molecular formula is C18H20NO4+. The molecule has 2 unspecified atom stereocenters. The van der Waals surface area contributed by atoms with E-state index in [9.17, 15) is 15.0 Å². The maximum absolute atomic E-state index is 12.6. The largest absolute Gasteiger partial charge is 0.480 e. The number of likely N-dealkylation sites (tertiary alicyclic amines) is 1.